The van der Waals surface area contributed by atoms with Gasteiger partial charge in [0, 0.05) is 63.0 Å². The number of esters is 4. The zero-order chi connectivity index (χ0) is 98.4. The minimum absolute atomic E-state index is 0. The molecule has 0 radical (unpaired) electrons. The Labute approximate surface area is 820 Å². The third kappa shape index (κ3) is 52.5. The van der Waals surface area contributed by atoms with Crippen LogP contribution in [0.15, 0.2) is 273 Å². The molecule has 11 rings (SSSR count). The number of rotatable bonds is 57. The molecule has 6 N–H and O–H groups in total. The number of ether oxygens (including phenoxy) is 16. The topological polar surface area (TPSA) is 376 Å². The first-order valence-corrected chi connectivity index (χ1v) is 48.2. The summed E-state index contributed by atoms with van der Waals surface area (Å²) in [4.78, 5) is 49.1. The zero-order valence-electron chi connectivity index (χ0n) is 80.1. The van der Waals surface area contributed by atoms with Gasteiger partial charge in [-0.15, -0.1) is 12.4 Å². The number of carbonyl (C=O) groups excluding carboxylic acids is 4. The summed E-state index contributed by atoms with van der Waals surface area (Å²) in [5.41, 5.74) is 9.83. The molecule has 0 aliphatic carbocycles. The highest BCUT2D eigenvalue weighted by atomic mass is 35.5. The third-order valence-corrected chi connectivity index (χ3v) is 21.6. The largest absolute Gasteiger partial charge is 0.466 e. The number of aliphatic hydroxyl groups is 5. The second-order valence-corrected chi connectivity index (χ2v) is 33.4. The number of carbonyl (C=O) groups is 4. The molecular weight excluding hydrogens is 1820 g/mol. The van der Waals surface area contributed by atoms with Gasteiger partial charge in [0.2, 0.25) is 0 Å². The summed E-state index contributed by atoms with van der Waals surface area (Å²) in [6.45, 7) is 18.4. The van der Waals surface area contributed by atoms with Crippen molar-refractivity contribution in [2.24, 2.45) is 29.6 Å². The summed E-state index contributed by atoms with van der Waals surface area (Å²) in [5, 5.41) is 48.6. The Bertz CT molecular complexity index is 4630. The van der Waals surface area contributed by atoms with Gasteiger partial charge >= 0.3 is 23.9 Å². The number of nitrogens with one attached hydrogen (secondary N) is 1. The Balaban J connectivity index is 0.000000303. The van der Waals surface area contributed by atoms with Crippen LogP contribution in [0.4, 0.5) is 0 Å². The molecule has 2 aliphatic heterocycles. The standard InChI is InChI=1S/C27H31NO3.C24H30O7.C22H30O6S.C20H26O5.C8H14O5.C5H11NO2.ClH/c1-4-10-23(11-5-1)16-28-17-26(21-29-19-24-12-6-2-7-13-24)27(18-28)31-22-30-20-25-14-8-3-9-15-25;1-3-29-23(25)21(17-27-15-19-11-7-5-8-12-19)22(24(26)30-4-2)31-18-28-16-20-13-9-6-10-14-20;1-3-21(16-25-14-19-10-6-4-7-11-19)22(17-28-29(2,23)24)27-18-26-15-20-12-8-5-9-13-20;21-11-19(15-23-13-17-7-3-1-4-8-17)20(12-22)25-16-24-14-18-9-5-2-6-10-18;1-3-12-7(10)5-6(9)8(11)13-4-2;7-3-4-1-6-2-5(4)8;/h1-15,26-27H,16-22H2;5-14,21-22H,3-4,15-18H2,1-2H3;4-13,21-22H,3,14-18H2,1-2H3;1-10,19-22H,11-16H2;6,9H,3-5H2,1-2H3;4-8H,1-3H2;1H/t26-,27-;2*21-,22-;19-,20-;6-;4-,5-;/m111111./s1. The normalized spacial score (nSPS) is 15.8. The number of nitrogens with zero attached hydrogens (tertiary/aromatic N) is 1. The van der Waals surface area contributed by atoms with Crippen molar-refractivity contribution >= 4 is 46.4 Å². The van der Waals surface area contributed by atoms with E-state index in [-0.39, 0.29) is 135 Å². The number of aliphatic hydroxyl groups excluding tert-OH is 5. The molecule has 2 saturated heterocycles. The summed E-state index contributed by atoms with van der Waals surface area (Å²) < 4.78 is 116. The lowest BCUT2D eigenvalue weighted by atomic mass is 10.0. The maximum atomic E-state index is 12.6. The molecule has 32 heteroatoms. The van der Waals surface area contributed by atoms with Crippen molar-refractivity contribution in [3.63, 3.8) is 0 Å². The van der Waals surface area contributed by atoms with Crippen molar-refractivity contribution in [2.45, 2.75) is 143 Å². The van der Waals surface area contributed by atoms with Crippen molar-refractivity contribution in [2.75, 3.05) is 139 Å². The van der Waals surface area contributed by atoms with Crippen LogP contribution in [0.3, 0.4) is 0 Å². The maximum absolute atomic E-state index is 12.6. The summed E-state index contributed by atoms with van der Waals surface area (Å²) in [7, 11) is -3.56. The lowest BCUT2D eigenvalue weighted by Crippen LogP contribution is -2.42. The second-order valence-electron chi connectivity index (χ2n) is 31.8. The Kier molecular flexibility index (Phi) is 64.0. The summed E-state index contributed by atoms with van der Waals surface area (Å²) in [5.74, 6) is -3.58. The molecule has 9 aromatic rings. The van der Waals surface area contributed by atoms with Crippen LogP contribution in [0.1, 0.15) is 97.5 Å². The summed E-state index contributed by atoms with van der Waals surface area (Å²) in [6, 6.07) is 89.5. The predicted octanol–water partition coefficient (Wildman–Crippen LogP) is 13.4. The Morgan fingerprint density at radius 1 is 0.399 bits per heavy atom. The maximum Gasteiger partial charge on any atom is 0.336 e. The molecule has 2 heterocycles. The van der Waals surface area contributed by atoms with Crippen LogP contribution in [0, 0.1) is 29.6 Å². The van der Waals surface area contributed by atoms with Gasteiger partial charge in [-0.2, -0.15) is 8.42 Å². The number of β-amino-alcohol motifs (C(OH)–C–C–N with tert-alkyl or cyclic N) is 1. The molecule has 758 valence electrons. The van der Waals surface area contributed by atoms with Crippen LogP contribution in [0.2, 0.25) is 0 Å². The third-order valence-electron chi connectivity index (χ3n) is 21.0. The zero-order valence-corrected chi connectivity index (χ0v) is 81.8. The van der Waals surface area contributed by atoms with E-state index in [9.17, 15) is 37.8 Å². The molecule has 0 spiro atoms. The SMILES string of the molecule is CCOC(=O)C[C@@H](O)C(=O)OCC.CCOC(=O)[C@H](COCc1ccccc1)[C@@H](OCOCc1ccccc1)C(=O)OCC.CC[C@H](COCc1ccccc1)[C@@H](COS(C)(=O)=O)OCOCc1ccccc1.Cl.OC[C@H](COCc1ccccc1)[C@@H](CO)OCOCc1ccccc1.OC[C@H]1CNC[C@H]1O.c1ccc(COCO[C@@H]2CN(Cc3ccccc3)C[C@@H]2COCc2ccccc2)cc1. The first-order valence-electron chi connectivity index (χ1n) is 46.3. The molecule has 0 saturated carbocycles. The van der Waals surface area contributed by atoms with Gasteiger partial charge in [-0.25, -0.2) is 9.59 Å². The van der Waals surface area contributed by atoms with Crippen LogP contribution in [-0.2, 0) is 169 Å². The van der Waals surface area contributed by atoms with Gasteiger partial charge in [0.05, 0.1) is 163 Å². The number of benzene rings is 9. The van der Waals surface area contributed by atoms with E-state index in [1.807, 2.05) is 225 Å². The van der Waals surface area contributed by atoms with Crippen LogP contribution in [0.5, 0.6) is 0 Å². The molecular formula is C106H143ClN2O28S. The van der Waals surface area contributed by atoms with E-state index in [2.05, 4.69) is 74.3 Å². The highest BCUT2D eigenvalue weighted by Gasteiger charge is 2.38. The minimum Gasteiger partial charge on any atom is -0.466 e. The minimum atomic E-state index is -3.56. The molecule has 30 nitrogen and oxygen atoms in total. The van der Waals surface area contributed by atoms with E-state index in [1.165, 1.54) is 11.1 Å². The first kappa shape index (κ1) is 119. The fourth-order valence-electron chi connectivity index (χ4n) is 13.6. The fourth-order valence-corrected chi connectivity index (χ4v) is 14.0. The van der Waals surface area contributed by atoms with Gasteiger partial charge in [-0.05, 0) is 84.2 Å². The smallest absolute Gasteiger partial charge is 0.336 e. The van der Waals surface area contributed by atoms with E-state index in [1.54, 1.807) is 27.7 Å². The molecule has 11 atom stereocenters. The van der Waals surface area contributed by atoms with Crippen molar-refractivity contribution in [3.05, 3.63) is 323 Å². The average molecular weight is 1960 g/mol. The van der Waals surface area contributed by atoms with E-state index >= 15 is 0 Å². The summed E-state index contributed by atoms with van der Waals surface area (Å²) in [6.07, 6.45) is -2.40. The molecule has 0 bridgehead atoms. The van der Waals surface area contributed by atoms with Crippen molar-refractivity contribution < 1.29 is 133 Å². The molecule has 2 aliphatic rings. The Morgan fingerprint density at radius 2 is 0.761 bits per heavy atom. The summed E-state index contributed by atoms with van der Waals surface area (Å²) >= 11 is 0. The van der Waals surface area contributed by atoms with Gasteiger partial charge < -0.3 is 107 Å². The Hall–Kier alpha value is -9.70. The van der Waals surface area contributed by atoms with E-state index in [4.69, 9.17) is 85.8 Å². The Morgan fingerprint density at radius 3 is 1.13 bits per heavy atom. The van der Waals surface area contributed by atoms with Crippen LogP contribution < -0.4 is 5.32 Å². The predicted molar refractivity (Wildman–Crippen MR) is 523 cm³/mol. The molecule has 0 aromatic heterocycles. The number of likely N-dealkylation sites (tertiary alicyclic amines) is 1. The van der Waals surface area contributed by atoms with Gasteiger partial charge in [-0.1, -0.05) is 280 Å². The average Bonchev–Trinajstić information content (AvgIpc) is 1.73. The number of hydrogen-bond donors (Lipinski definition) is 6. The van der Waals surface area contributed by atoms with E-state index in [0.717, 1.165) is 77.8 Å². The quantitative estimate of drug-likeness (QED) is 0.00678. The lowest BCUT2D eigenvalue weighted by Gasteiger charge is -2.26. The highest BCUT2D eigenvalue weighted by Crippen LogP contribution is 2.25. The molecule has 0 amide bonds. The molecule has 9 aromatic carbocycles. The second kappa shape index (κ2) is 74.3. The van der Waals surface area contributed by atoms with E-state index < -0.39 is 64.3 Å². The van der Waals surface area contributed by atoms with Crippen molar-refractivity contribution in [3.8, 4) is 0 Å². The number of halogens is 1. The van der Waals surface area contributed by atoms with Crippen LogP contribution in [0.25, 0.3) is 0 Å². The van der Waals surface area contributed by atoms with Gasteiger partial charge in [0.1, 0.15) is 33.1 Å². The van der Waals surface area contributed by atoms with Crippen LogP contribution in [-0.4, -0.2) is 238 Å². The monoisotopic (exact) mass is 1960 g/mol. The first-order chi connectivity index (χ1) is 66.8. The van der Waals surface area contributed by atoms with Gasteiger partial charge in [0.15, 0.2) is 12.2 Å². The van der Waals surface area contributed by atoms with E-state index in [0.29, 0.717) is 85.3 Å². The van der Waals surface area contributed by atoms with Crippen molar-refractivity contribution in [1.82, 2.24) is 10.2 Å². The van der Waals surface area contributed by atoms with Crippen molar-refractivity contribution in [1.29, 1.82) is 0 Å². The molecule has 138 heavy (non-hydrogen) atoms. The van der Waals surface area contributed by atoms with Gasteiger partial charge in [0.25, 0.3) is 10.1 Å². The fraction of sp³-hybridized carbons (Fsp3) is 0.453. The van der Waals surface area contributed by atoms with Gasteiger partial charge in [-0.3, -0.25) is 18.7 Å². The number of hydrogen-bond acceptors (Lipinski definition) is 30. The molecule has 2 fully saturated rings. The highest BCUT2D eigenvalue weighted by molar-refractivity contribution is 7.86. The van der Waals surface area contributed by atoms with Crippen LogP contribution >= 0.6 is 12.4 Å². The lowest BCUT2D eigenvalue weighted by molar-refractivity contribution is -0.185. The molecule has 0 unspecified atom stereocenters.